The van der Waals surface area contributed by atoms with Gasteiger partial charge in [-0.05, 0) is 17.7 Å². The average Bonchev–Trinajstić information content (AvgIpc) is 2.98. The number of benzene rings is 1. The zero-order valence-corrected chi connectivity index (χ0v) is 10.2. The number of hydrogen-bond acceptors (Lipinski definition) is 4. The van der Waals surface area contributed by atoms with Crippen molar-refractivity contribution in [3.63, 3.8) is 0 Å². The van der Waals surface area contributed by atoms with E-state index in [9.17, 15) is 0 Å². The molecule has 0 fully saturated rings. The van der Waals surface area contributed by atoms with Gasteiger partial charge in [0.05, 0.1) is 0 Å². The number of rotatable bonds is 2. The van der Waals surface area contributed by atoms with E-state index >= 15 is 0 Å². The van der Waals surface area contributed by atoms with Crippen molar-refractivity contribution >= 4 is 5.90 Å². The first-order chi connectivity index (χ1) is 9.36. The summed E-state index contributed by atoms with van der Waals surface area (Å²) >= 11 is 0. The molecule has 19 heavy (non-hydrogen) atoms. The molecular formula is C15H11N3O. The molecule has 0 N–H and O–H groups in total. The van der Waals surface area contributed by atoms with Gasteiger partial charge in [0.15, 0.2) is 0 Å². The van der Waals surface area contributed by atoms with Crippen LogP contribution in [-0.2, 0) is 4.74 Å². The van der Waals surface area contributed by atoms with E-state index in [1.165, 1.54) is 0 Å². The Morgan fingerprint density at radius 2 is 1.95 bits per heavy atom. The predicted molar refractivity (Wildman–Crippen MR) is 70.6 cm³/mol. The summed E-state index contributed by atoms with van der Waals surface area (Å²) in [6.07, 6.45) is 0. The largest absolute Gasteiger partial charge is 0.474 e. The quantitative estimate of drug-likeness (QED) is 0.821. The Bertz CT molecular complexity index is 659. The standard InChI is InChI=1S/C15H11N3O/c16-9-12-7-4-8-13(17-12)15-18-14(10-19-15)11-5-2-1-3-6-11/h1-8,14H,10H2/t14-/m0/s1. The first-order valence-corrected chi connectivity index (χ1v) is 6.00. The summed E-state index contributed by atoms with van der Waals surface area (Å²) < 4.78 is 5.58. The molecule has 3 rings (SSSR count). The summed E-state index contributed by atoms with van der Waals surface area (Å²) in [4.78, 5) is 8.71. The summed E-state index contributed by atoms with van der Waals surface area (Å²) in [5.41, 5.74) is 2.10. The van der Waals surface area contributed by atoms with Crippen LogP contribution < -0.4 is 0 Å². The normalized spacial score (nSPS) is 17.4. The van der Waals surface area contributed by atoms with Gasteiger partial charge in [0.1, 0.15) is 30.1 Å². The molecule has 4 heteroatoms. The van der Waals surface area contributed by atoms with E-state index in [4.69, 9.17) is 10.00 Å². The average molecular weight is 249 g/mol. The molecule has 1 aromatic heterocycles. The monoisotopic (exact) mass is 249 g/mol. The smallest absolute Gasteiger partial charge is 0.236 e. The summed E-state index contributed by atoms with van der Waals surface area (Å²) in [5.74, 6) is 0.506. The van der Waals surface area contributed by atoms with E-state index in [1.54, 1.807) is 18.2 Å². The van der Waals surface area contributed by atoms with Gasteiger partial charge in [0.2, 0.25) is 5.90 Å². The highest BCUT2D eigenvalue weighted by Crippen LogP contribution is 2.24. The number of hydrogen-bond donors (Lipinski definition) is 0. The van der Waals surface area contributed by atoms with Crippen molar-refractivity contribution in [2.45, 2.75) is 6.04 Å². The lowest BCUT2D eigenvalue weighted by molar-refractivity contribution is 0.319. The Balaban J connectivity index is 1.89. The molecule has 1 atom stereocenters. The minimum Gasteiger partial charge on any atom is -0.474 e. The van der Waals surface area contributed by atoms with Crippen LogP contribution in [0.3, 0.4) is 0 Å². The van der Waals surface area contributed by atoms with Crippen LogP contribution in [0.25, 0.3) is 0 Å². The van der Waals surface area contributed by atoms with Crippen LogP contribution in [0.4, 0.5) is 0 Å². The fourth-order valence-electron chi connectivity index (χ4n) is 1.98. The van der Waals surface area contributed by atoms with Gasteiger partial charge in [0.25, 0.3) is 0 Å². The molecule has 4 nitrogen and oxygen atoms in total. The van der Waals surface area contributed by atoms with Crippen molar-refractivity contribution in [2.24, 2.45) is 4.99 Å². The Kier molecular flexibility index (Phi) is 2.95. The highest BCUT2D eigenvalue weighted by atomic mass is 16.5. The Hall–Kier alpha value is -2.67. The predicted octanol–water partition coefficient (Wildman–Crippen LogP) is 2.47. The molecule has 0 bridgehead atoms. The van der Waals surface area contributed by atoms with Crippen LogP contribution in [0.5, 0.6) is 0 Å². The fourth-order valence-corrected chi connectivity index (χ4v) is 1.98. The van der Waals surface area contributed by atoms with Crippen molar-refractivity contribution in [3.8, 4) is 6.07 Å². The maximum atomic E-state index is 8.84. The third kappa shape index (κ3) is 2.31. The van der Waals surface area contributed by atoms with Crippen LogP contribution in [0.15, 0.2) is 53.5 Å². The lowest BCUT2D eigenvalue weighted by Gasteiger charge is -2.03. The number of aromatic nitrogens is 1. The molecule has 0 unspecified atom stereocenters. The van der Waals surface area contributed by atoms with Gasteiger partial charge < -0.3 is 4.74 Å². The van der Waals surface area contributed by atoms with Crippen molar-refractivity contribution in [3.05, 3.63) is 65.5 Å². The van der Waals surface area contributed by atoms with Crippen LogP contribution in [0.2, 0.25) is 0 Å². The van der Waals surface area contributed by atoms with Crippen molar-refractivity contribution in [1.82, 2.24) is 4.98 Å². The van der Waals surface area contributed by atoms with Gasteiger partial charge in [0, 0.05) is 0 Å². The molecule has 0 radical (unpaired) electrons. The topological polar surface area (TPSA) is 58.3 Å². The molecule has 2 aromatic rings. The second-order valence-electron chi connectivity index (χ2n) is 4.19. The van der Waals surface area contributed by atoms with Crippen LogP contribution in [-0.4, -0.2) is 17.5 Å². The van der Waals surface area contributed by atoms with Crippen LogP contribution in [0, 0.1) is 11.3 Å². The molecule has 92 valence electrons. The lowest BCUT2D eigenvalue weighted by Crippen LogP contribution is -2.04. The van der Waals surface area contributed by atoms with Gasteiger partial charge in [-0.25, -0.2) is 9.98 Å². The first-order valence-electron chi connectivity index (χ1n) is 6.00. The van der Waals surface area contributed by atoms with Crippen molar-refractivity contribution < 1.29 is 4.74 Å². The fraction of sp³-hybridized carbons (Fsp3) is 0.133. The Morgan fingerprint density at radius 3 is 2.74 bits per heavy atom. The molecule has 1 aromatic carbocycles. The van der Waals surface area contributed by atoms with E-state index in [0.717, 1.165) is 5.56 Å². The molecule has 2 heterocycles. The molecule has 0 aliphatic carbocycles. The summed E-state index contributed by atoms with van der Waals surface area (Å²) in [7, 11) is 0. The summed E-state index contributed by atoms with van der Waals surface area (Å²) in [5, 5.41) is 8.84. The highest BCUT2D eigenvalue weighted by Gasteiger charge is 2.22. The third-order valence-electron chi connectivity index (χ3n) is 2.92. The van der Waals surface area contributed by atoms with Gasteiger partial charge in [-0.3, -0.25) is 0 Å². The van der Waals surface area contributed by atoms with E-state index < -0.39 is 0 Å². The van der Waals surface area contributed by atoms with Gasteiger partial charge in [-0.1, -0.05) is 36.4 Å². The molecule has 1 aliphatic heterocycles. The first kappa shape index (κ1) is 11.4. The third-order valence-corrected chi connectivity index (χ3v) is 2.92. The number of nitriles is 1. The molecular weight excluding hydrogens is 238 g/mol. The number of aliphatic imine (C=N–C) groups is 1. The summed E-state index contributed by atoms with van der Waals surface area (Å²) in [6.45, 7) is 0.512. The number of ether oxygens (including phenoxy) is 1. The van der Waals surface area contributed by atoms with Crippen LogP contribution in [0.1, 0.15) is 23.0 Å². The number of nitrogens with zero attached hydrogens (tertiary/aromatic N) is 3. The van der Waals surface area contributed by atoms with E-state index in [2.05, 4.69) is 9.98 Å². The minimum atomic E-state index is 0.00346. The van der Waals surface area contributed by atoms with E-state index in [-0.39, 0.29) is 6.04 Å². The molecule has 0 spiro atoms. The molecule has 0 saturated carbocycles. The molecule has 1 aliphatic rings. The Morgan fingerprint density at radius 1 is 1.11 bits per heavy atom. The lowest BCUT2D eigenvalue weighted by atomic mass is 10.1. The van der Waals surface area contributed by atoms with Crippen LogP contribution >= 0.6 is 0 Å². The van der Waals surface area contributed by atoms with E-state index in [1.807, 2.05) is 36.4 Å². The van der Waals surface area contributed by atoms with E-state index in [0.29, 0.717) is 23.9 Å². The van der Waals surface area contributed by atoms with Gasteiger partial charge in [-0.2, -0.15) is 5.26 Å². The van der Waals surface area contributed by atoms with Crippen molar-refractivity contribution in [1.29, 1.82) is 5.26 Å². The second kappa shape index (κ2) is 4.91. The minimum absolute atomic E-state index is 0.00346. The van der Waals surface area contributed by atoms with Crippen molar-refractivity contribution in [2.75, 3.05) is 6.61 Å². The molecule has 0 saturated heterocycles. The highest BCUT2D eigenvalue weighted by molar-refractivity contribution is 5.93. The maximum Gasteiger partial charge on any atom is 0.236 e. The number of pyridine rings is 1. The summed E-state index contributed by atoms with van der Waals surface area (Å²) in [6, 6.07) is 17.3. The van der Waals surface area contributed by atoms with Gasteiger partial charge in [-0.15, -0.1) is 0 Å². The zero-order chi connectivity index (χ0) is 13.1. The Labute approximate surface area is 111 Å². The SMILES string of the molecule is N#Cc1cccc(C2=N[C@H](c3ccccc3)CO2)n1. The maximum absolute atomic E-state index is 8.84. The van der Waals surface area contributed by atoms with Gasteiger partial charge >= 0.3 is 0 Å². The second-order valence-corrected chi connectivity index (χ2v) is 4.19. The molecule has 0 amide bonds. The zero-order valence-electron chi connectivity index (χ0n) is 10.2.